The lowest BCUT2D eigenvalue weighted by molar-refractivity contribution is 1.08. The molecule has 2 rings (SSSR count). The van der Waals surface area contributed by atoms with Crippen LogP contribution in [0.1, 0.15) is 17.5 Å². The number of halogens is 1. The van der Waals surface area contributed by atoms with Crippen LogP contribution in [0, 0.1) is 0 Å². The molecule has 2 N–H and O–H groups in total. The van der Waals surface area contributed by atoms with Crippen molar-refractivity contribution in [1.29, 1.82) is 0 Å². The van der Waals surface area contributed by atoms with Gasteiger partial charge in [0.15, 0.2) is 0 Å². The number of nitrogens with two attached hydrogens (primary N) is 1. The van der Waals surface area contributed by atoms with Crippen LogP contribution in [-0.2, 0) is 6.42 Å². The number of benzene rings is 1. The molecule has 0 aromatic heterocycles. The van der Waals surface area contributed by atoms with Gasteiger partial charge in [0, 0.05) is 11.0 Å². The zero-order valence-electron chi connectivity index (χ0n) is 7.39. The zero-order valence-corrected chi connectivity index (χ0v) is 8.97. The standard InChI is InChI=1S/C11H12BrN/c12-10-4-3-8-1-2-9(5-6-13)11(8)7-10/h3-5,7H,1-2,6,13H2/b9-5-. The van der Waals surface area contributed by atoms with E-state index in [1.807, 2.05) is 0 Å². The molecule has 1 aliphatic rings. The second-order valence-corrected chi connectivity index (χ2v) is 4.18. The normalized spacial score (nSPS) is 17.8. The molecule has 0 aliphatic heterocycles. The number of aryl methyl sites for hydroxylation is 1. The Morgan fingerprint density at radius 3 is 3.00 bits per heavy atom. The lowest BCUT2D eigenvalue weighted by Gasteiger charge is -2.01. The summed E-state index contributed by atoms with van der Waals surface area (Å²) >= 11 is 3.49. The summed E-state index contributed by atoms with van der Waals surface area (Å²) in [5.41, 5.74) is 9.74. The third kappa shape index (κ3) is 1.69. The molecule has 0 radical (unpaired) electrons. The Morgan fingerprint density at radius 2 is 2.23 bits per heavy atom. The Balaban J connectivity index is 2.46. The van der Waals surface area contributed by atoms with Crippen LogP contribution in [0.2, 0.25) is 0 Å². The van der Waals surface area contributed by atoms with Crippen LogP contribution in [0.25, 0.3) is 5.57 Å². The van der Waals surface area contributed by atoms with Gasteiger partial charge in [-0.25, -0.2) is 0 Å². The second kappa shape index (κ2) is 3.64. The molecule has 1 nitrogen and oxygen atoms in total. The van der Waals surface area contributed by atoms with E-state index in [1.54, 1.807) is 0 Å². The van der Waals surface area contributed by atoms with E-state index in [1.165, 1.54) is 16.7 Å². The maximum Gasteiger partial charge on any atom is 0.0181 e. The third-order valence-electron chi connectivity index (χ3n) is 2.45. The zero-order chi connectivity index (χ0) is 9.26. The summed E-state index contributed by atoms with van der Waals surface area (Å²) in [6.07, 6.45) is 4.43. The quantitative estimate of drug-likeness (QED) is 0.799. The lowest BCUT2D eigenvalue weighted by Crippen LogP contribution is -1.94. The maximum atomic E-state index is 5.52. The highest BCUT2D eigenvalue weighted by Crippen LogP contribution is 2.33. The predicted molar refractivity (Wildman–Crippen MR) is 59.5 cm³/mol. The van der Waals surface area contributed by atoms with Gasteiger partial charge in [-0.2, -0.15) is 0 Å². The van der Waals surface area contributed by atoms with E-state index in [9.17, 15) is 0 Å². The average molecular weight is 238 g/mol. The fourth-order valence-corrected chi connectivity index (χ4v) is 2.18. The highest BCUT2D eigenvalue weighted by Gasteiger charge is 2.15. The Morgan fingerprint density at radius 1 is 1.38 bits per heavy atom. The predicted octanol–water partition coefficient (Wildman–Crippen LogP) is 2.74. The second-order valence-electron chi connectivity index (χ2n) is 3.27. The number of hydrogen-bond acceptors (Lipinski definition) is 1. The van der Waals surface area contributed by atoms with Crippen LogP contribution in [0.5, 0.6) is 0 Å². The monoisotopic (exact) mass is 237 g/mol. The van der Waals surface area contributed by atoms with E-state index in [-0.39, 0.29) is 0 Å². The van der Waals surface area contributed by atoms with Gasteiger partial charge in [-0.15, -0.1) is 0 Å². The molecule has 68 valence electrons. The van der Waals surface area contributed by atoms with Gasteiger partial charge < -0.3 is 5.73 Å². The molecular formula is C11H12BrN. The molecule has 0 bridgehead atoms. The fraction of sp³-hybridized carbons (Fsp3) is 0.273. The Kier molecular flexibility index (Phi) is 2.51. The van der Waals surface area contributed by atoms with E-state index in [0.29, 0.717) is 6.54 Å². The summed E-state index contributed by atoms with van der Waals surface area (Å²) in [6, 6.07) is 6.48. The number of allylic oxidation sites excluding steroid dienone is 1. The van der Waals surface area contributed by atoms with Crippen LogP contribution >= 0.6 is 15.9 Å². The molecule has 0 amide bonds. The van der Waals surface area contributed by atoms with Gasteiger partial charge in [-0.3, -0.25) is 0 Å². The third-order valence-corrected chi connectivity index (χ3v) is 2.94. The summed E-state index contributed by atoms with van der Waals surface area (Å²) in [4.78, 5) is 0. The Bertz CT molecular complexity index is 355. The van der Waals surface area contributed by atoms with Crippen molar-refractivity contribution in [1.82, 2.24) is 0 Å². The first-order chi connectivity index (χ1) is 6.31. The summed E-state index contributed by atoms with van der Waals surface area (Å²) < 4.78 is 1.15. The van der Waals surface area contributed by atoms with Crippen molar-refractivity contribution < 1.29 is 0 Å². The molecule has 1 aliphatic carbocycles. The van der Waals surface area contributed by atoms with Crippen LogP contribution in [0.3, 0.4) is 0 Å². The van der Waals surface area contributed by atoms with Crippen LogP contribution in [0.15, 0.2) is 28.7 Å². The van der Waals surface area contributed by atoms with Crippen molar-refractivity contribution in [2.45, 2.75) is 12.8 Å². The van der Waals surface area contributed by atoms with E-state index in [4.69, 9.17) is 5.73 Å². The molecule has 1 aromatic carbocycles. The molecule has 1 aromatic rings. The van der Waals surface area contributed by atoms with Crippen molar-refractivity contribution in [3.05, 3.63) is 39.9 Å². The number of hydrogen-bond donors (Lipinski definition) is 1. The van der Waals surface area contributed by atoms with Crippen molar-refractivity contribution in [3.63, 3.8) is 0 Å². The highest BCUT2D eigenvalue weighted by atomic mass is 79.9. The Labute approximate surface area is 86.8 Å². The minimum absolute atomic E-state index is 0.640. The molecule has 0 saturated carbocycles. The van der Waals surface area contributed by atoms with Gasteiger partial charge >= 0.3 is 0 Å². The van der Waals surface area contributed by atoms with Crippen molar-refractivity contribution >= 4 is 21.5 Å². The summed E-state index contributed by atoms with van der Waals surface area (Å²) in [5, 5.41) is 0. The minimum Gasteiger partial charge on any atom is -0.327 e. The Hall–Kier alpha value is -0.600. The first-order valence-corrected chi connectivity index (χ1v) is 5.28. The summed E-state index contributed by atoms with van der Waals surface area (Å²) in [5.74, 6) is 0. The van der Waals surface area contributed by atoms with Gasteiger partial charge in [-0.1, -0.05) is 28.1 Å². The molecule has 0 atom stereocenters. The molecule has 13 heavy (non-hydrogen) atoms. The smallest absolute Gasteiger partial charge is 0.0181 e. The van der Waals surface area contributed by atoms with Gasteiger partial charge in [0.05, 0.1) is 0 Å². The van der Waals surface area contributed by atoms with Crippen molar-refractivity contribution in [3.8, 4) is 0 Å². The molecule has 0 heterocycles. The van der Waals surface area contributed by atoms with Gasteiger partial charge in [0.25, 0.3) is 0 Å². The topological polar surface area (TPSA) is 26.0 Å². The molecule has 0 saturated heterocycles. The average Bonchev–Trinajstić information content (AvgIpc) is 2.49. The largest absolute Gasteiger partial charge is 0.327 e. The maximum absolute atomic E-state index is 5.52. The number of fused-ring (bicyclic) bond motifs is 1. The lowest BCUT2D eigenvalue weighted by atomic mass is 10.1. The fourth-order valence-electron chi connectivity index (χ4n) is 1.82. The van der Waals surface area contributed by atoms with E-state index in [2.05, 4.69) is 40.2 Å². The SMILES string of the molecule is NC/C=C1/CCc2ccc(Br)cc21. The molecule has 0 unspecified atom stereocenters. The van der Waals surface area contributed by atoms with Crippen molar-refractivity contribution in [2.24, 2.45) is 5.73 Å². The van der Waals surface area contributed by atoms with E-state index in [0.717, 1.165) is 17.3 Å². The molecule has 0 fully saturated rings. The molecular weight excluding hydrogens is 226 g/mol. The van der Waals surface area contributed by atoms with Gasteiger partial charge in [0.1, 0.15) is 0 Å². The first kappa shape index (κ1) is 8.97. The van der Waals surface area contributed by atoms with Gasteiger partial charge in [0.2, 0.25) is 0 Å². The summed E-state index contributed by atoms with van der Waals surface area (Å²) in [6.45, 7) is 0.640. The van der Waals surface area contributed by atoms with E-state index >= 15 is 0 Å². The highest BCUT2D eigenvalue weighted by molar-refractivity contribution is 9.10. The summed E-state index contributed by atoms with van der Waals surface area (Å²) in [7, 11) is 0. The van der Waals surface area contributed by atoms with Crippen LogP contribution in [0.4, 0.5) is 0 Å². The first-order valence-electron chi connectivity index (χ1n) is 4.49. The molecule has 2 heteroatoms. The minimum atomic E-state index is 0.640. The van der Waals surface area contributed by atoms with Gasteiger partial charge in [-0.05, 0) is 41.7 Å². The van der Waals surface area contributed by atoms with E-state index < -0.39 is 0 Å². The molecule has 0 spiro atoms. The van der Waals surface area contributed by atoms with Crippen LogP contribution < -0.4 is 5.73 Å². The van der Waals surface area contributed by atoms with Crippen molar-refractivity contribution in [2.75, 3.05) is 6.54 Å². The van der Waals surface area contributed by atoms with Crippen LogP contribution in [-0.4, -0.2) is 6.54 Å². The number of rotatable bonds is 1.